The Balaban J connectivity index is 1.27. The molecule has 0 atom stereocenters. The number of fused-ring (bicyclic) bond motifs is 5. The number of nitrogens with one attached hydrogen (secondary N) is 1. The summed E-state index contributed by atoms with van der Waals surface area (Å²) in [6, 6.07) is 58.7. The molecule has 4 heteroatoms. The third-order valence-corrected chi connectivity index (χ3v) is 9.23. The van der Waals surface area contributed by atoms with Gasteiger partial charge in [0.25, 0.3) is 0 Å². The second kappa shape index (κ2) is 11.1. The van der Waals surface area contributed by atoms with Crippen molar-refractivity contribution in [3.63, 3.8) is 0 Å². The summed E-state index contributed by atoms with van der Waals surface area (Å²) in [5.41, 5.74) is 15.2. The van der Waals surface area contributed by atoms with Crippen molar-refractivity contribution in [3.8, 4) is 11.1 Å². The van der Waals surface area contributed by atoms with Crippen molar-refractivity contribution in [1.82, 2.24) is 4.98 Å². The van der Waals surface area contributed by atoms with Gasteiger partial charge in [-0.05, 0) is 90.2 Å². The second-order valence-electron chi connectivity index (χ2n) is 12.2. The summed E-state index contributed by atoms with van der Waals surface area (Å²) in [6.45, 7) is 2.20. The summed E-state index contributed by atoms with van der Waals surface area (Å²) in [4.78, 5) is 8.51. The number of benzene rings is 7. The van der Waals surface area contributed by atoms with Gasteiger partial charge >= 0.3 is 0 Å². The van der Waals surface area contributed by atoms with Gasteiger partial charge in [0.15, 0.2) is 7.28 Å². The smallest absolute Gasteiger partial charge is 0.197 e. The third kappa shape index (κ3) is 4.61. The van der Waals surface area contributed by atoms with Crippen molar-refractivity contribution in [2.75, 3.05) is 9.80 Å². The van der Waals surface area contributed by atoms with Crippen LogP contribution in [0.5, 0.6) is 0 Å². The lowest BCUT2D eigenvalue weighted by Crippen LogP contribution is -2.41. The van der Waals surface area contributed by atoms with E-state index in [2.05, 4.69) is 193 Å². The minimum absolute atomic E-state index is 1.11. The van der Waals surface area contributed by atoms with Crippen molar-refractivity contribution in [3.05, 3.63) is 169 Å². The lowest BCUT2D eigenvalue weighted by molar-refractivity contribution is 1.26. The Labute approximate surface area is 275 Å². The summed E-state index contributed by atoms with van der Waals surface area (Å²) >= 11 is 0. The molecule has 0 bridgehead atoms. The molecule has 1 aliphatic heterocycles. The van der Waals surface area contributed by atoms with E-state index in [-0.39, 0.29) is 0 Å². The number of para-hydroxylation sites is 5. The van der Waals surface area contributed by atoms with Crippen LogP contribution in [0.15, 0.2) is 164 Å². The van der Waals surface area contributed by atoms with Crippen LogP contribution in [-0.2, 0) is 0 Å². The number of hydrogen-bond donors (Lipinski definition) is 1. The van der Waals surface area contributed by atoms with Crippen LogP contribution in [0.3, 0.4) is 0 Å². The van der Waals surface area contributed by atoms with E-state index in [1.54, 1.807) is 0 Å². The van der Waals surface area contributed by atoms with Gasteiger partial charge in [-0.3, -0.25) is 0 Å². The lowest BCUT2D eigenvalue weighted by Gasteiger charge is -2.36. The first-order chi connectivity index (χ1) is 23.2. The Morgan fingerprint density at radius 3 is 1.94 bits per heavy atom. The molecule has 0 aliphatic carbocycles. The Morgan fingerprint density at radius 2 is 1.19 bits per heavy atom. The molecule has 7 aromatic carbocycles. The highest BCUT2D eigenvalue weighted by molar-refractivity contribution is 6.73. The Kier molecular flexibility index (Phi) is 6.46. The molecule has 0 saturated carbocycles. The maximum absolute atomic E-state index is 3.76. The van der Waals surface area contributed by atoms with E-state index in [9.17, 15) is 0 Å². The zero-order valence-corrected chi connectivity index (χ0v) is 26.1. The van der Waals surface area contributed by atoms with Gasteiger partial charge < -0.3 is 14.8 Å². The number of nitrogens with zero attached hydrogens (tertiary/aromatic N) is 2. The molecule has 0 spiro atoms. The van der Waals surface area contributed by atoms with Crippen LogP contribution in [0, 0.1) is 6.92 Å². The molecule has 2 heterocycles. The van der Waals surface area contributed by atoms with E-state index in [0.717, 1.165) is 34.0 Å². The molecule has 3 nitrogen and oxygen atoms in total. The number of anilines is 6. The summed E-state index contributed by atoms with van der Waals surface area (Å²) in [7, 11) is 2.39. The fraction of sp³-hybridized carbons (Fsp3) is 0.0233. The van der Waals surface area contributed by atoms with E-state index in [0.29, 0.717) is 0 Å². The minimum atomic E-state index is 1.11. The molecule has 1 radical (unpaired) electrons. The molecule has 1 aliphatic rings. The summed E-state index contributed by atoms with van der Waals surface area (Å²) in [6.07, 6.45) is 0. The largest absolute Gasteiger partial charge is 0.354 e. The van der Waals surface area contributed by atoms with Gasteiger partial charge in [-0.15, -0.1) is 0 Å². The first kappa shape index (κ1) is 27.3. The predicted molar refractivity (Wildman–Crippen MR) is 200 cm³/mol. The Morgan fingerprint density at radius 1 is 0.532 bits per heavy atom. The van der Waals surface area contributed by atoms with E-state index in [4.69, 9.17) is 0 Å². The van der Waals surface area contributed by atoms with Crippen molar-refractivity contribution in [1.29, 1.82) is 0 Å². The monoisotopic (exact) mass is 600 g/mol. The fourth-order valence-corrected chi connectivity index (χ4v) is 7.18. The molecule has 1 aromatic heterocycles. The van der Waals surface area contributed by atoms with Crippen LogP contribution in [0.2, 0.25) is 0 Å². The number of hydrogen-bond acceptors (Lipinski definition) is 2. The first-order valence-electron chi connectivity index (χ1n) is 16.1. The minimum Gasteiger partial charge on any atom is -0.354 e. The number of aryl methyl sites for hydroxylation is 1. The quantitative estimate of drug-likeness (QED) is 0.199. The summed E-state index contributed by atoms with van der Waals surface area (Å²) in [5.74, 6) is 0. The molecular weight excluding hydrogens is 569 g/mol. The van der Waals surface area contributed by atoms with E-state index < -0.39 is 0 Å². The third-order valence-electron chi connectivity index (χ3n) is 9.23. The zero-order chi connectivity index (χ0) is 31.3. The van der Waals surface area contributed by atoms with Crippen molar-refractivity contribution >= 4 is 74.1 Å². The number of H-pyrrole nitrogens is 1. The molecule has 8 aromatic rings. The Bertz CT molecular complexity index is 2360. The number of rotatable bonds is 5. The standard InChI is InChI=1S/C43H31BN3/c1-29-26-37(36-22-13-21-35-34-20-11-12-23-39(34)45-43(35)36)42-41(27-29)47(32-18-9-4-10-19-32)40-25-24-33(28-38(40)44-42)46(30-14-5-2-6-15-30)31-16-7-3-8-17-31/h2-28,45H,1H3. The van der Waals surface area contributed by atoms with Gasteiger partial charge in [-0.25, -0.2) is 0 Å². The van der Waals surface area contributed by atoms with Gasteiger partial charge in [-0.2, -0.15) is 0 Å². The SMILES string of the molecule is Cc1cc(-c2cccc3c2[nH]c2ccccc23)c2c(c1)N(c1ccccc1)c1ccc(N(c3ccccc3)c3ccccc3)cc1[B]2. The highest BCUT2D eigenvalue weighted by Crippen LogP contribution is 2.41. The lowest BCUT2D eigenvalue weighted by atomic mass is 9.58. The predicted octanol–water partition coefficient (Wildman–Crippen LogP) is 10.2. The highest BCUT2D eigenvalue weighted by Gasteiger charge is 2.29. The fourth-order valence-electron chi connectivity index (χ4n) is 7.18. The molecular formula is C43H31BN3. The summed E-state index contributed by atoms with van der Waals surface area (Å²) in [5, 5.41) is 2.49. The maximum Gasteiger partial charge on any atom is 0.197 e. The average molecular weight is 601 g/mol. The number of aromatic nitrogens is 1. The van der Waals surface area contributed by atoms with Crippen molar-refractivity contribution in [2.24, 2.45) is 0 Å². The molecule has 1 N–H and O–H groups in total. The number of aromatic amines is 1. The first-order valence-corrected chi connectivity index (χ1v) is 16.1. The van der Waals surface area contributed by atoms with Crippen molar-refractivity contribution in [2.45, 2.75) is 6.92 Å². The van der Waals surface area contributed by atoms with Crippen LogP contribution >= 0.6 is 0 Å². The van der Waals surface area contributed by atoms with Crippen molar-refractivity contribution < 1.29 is 0 Å². The van der Waals surface area contributed by atoms with Gasteiger partial charge in [0.2, 0.25) is 0 Å². The maximum atomic E-state index is 3.76. The molecule has 9 rings (SSSR count). The van der Waals surface area contributed by atoms with Gasteiger partial charge in [-0.1, -0.05) is 103 Å². The van der Waals surface area contributed by atoms with Gasteiger partial charge in [0.05, 0.1) is 5.52 Å². The van der Waals surface area contributed by atoms with E-state index in [1.165, 1.54) is 49.6 Å². The van der Waals surface area contributed by atoms with Gasteiger partial charge in [0.1, 0.15) is 0 Å². The van der Waals surface area contributed by atoms with Crippen LogP contribution in [0.1, 0.15) is 5.56 Å². The highest BCUT2D eigenvalue weighted by atomic mass is 15.2. The normalized spacial score (nSPS) is 12.1. The zero-order valence-electron chi connectivity index (χ0n) is 26.1. The molecule has 221 valence electrons. The van der Waals surface area contributed by atoms with Gasteiger partial charge in [0, 0.05) is 56.0 Å². The van der Waals surface area contributed by atoms with Crippen LogP contribution in [0.25, 0.3) is 32.9 Å². The summed E-state index contributed by atoms with van der Waals surface area (Å²) < 4.78 is 0. The van der Waals surface area contributed by atoms with Crippen LogP contribution in [-0.4, -0.2) is 12.3 Å². The van der Waals surface area contributed by atoms with E-state index >= 15 is 0 Å². The average Bonchev–Trinajstić information content (AvgIpc) is 3.51. The molecule has 0 saturated heterocycles. The van der Waals surface area contributed by atoms with Crippen LogP contribution in [0.4, 0.5) is 34.1 Å². The molecule has 47 heavy (non-hydrogen) atoms. The van der Waals surface area contributed by atoms with Crippen LogP contribution < -0.4 is 20.7 Å². The topological polar surface area (TPSA) is 22.3 Å². The molecule has 0 unspecified atom stereocenters. The molecule has 0 fully saturated rings. The Hall–Kier alpha value is -6.00. The van der Waals surface area contributed by atoms with E-state index in [1.807, 2.05) is 0 Å². The second-order valence-corrected chi connectivity index (χ2v) is 12.2. The molecule has 0 amide bonds.